The van der Waals surface area contributed by atoms with Crippen molar-refractivity contribution in [2.45, 2.75) is 20.3 Å². The normalized spacial score (nSPS) is 11.2. The number of hydrogen-bond donors (Lipinski definition) is 4. The molecule has 0 aliphatic heterocycles. The highest BCUT2D eigenvalue weighted by atomic mass is 32.2. The van der Waals surface area contributed by atoms with Gasteiger partial charge in [-0.2, -0.15) is 15.0 Å². The number of hydrazine groups is 1. The van der Waals surface area contributed by atoms with Gasteiger partial charge in [-0.15, -0.1) is 0 Å². The van der Waals surface area contributed by atoms with Crippen LogP contribution < -0.4 is 26.0 Å². The summed E-state index contributed by atoms with van der Waals surface area (Å²) in [5, 5.41) is 2.79. The van der Waals surface area contributed by atoms with Crippen LogP contribution in [-0.4, -0.2) is 48.8 Å². The molecule has 0 radical (unpaired) electrons. The van der Waals surface area contributed by atoms with E-state index in [2.05, 4.69) is 30.4 Å². The lowest BCUT2D eigenvalue weighted by molar-refractivity contribution is 0.292. The molecule has 120 valence electrons. The molecule has 10 nitrogen and oxygen atoms in total. The fraction of sp³-hybridized carbons (Fsp3) is 0.700. The second kappa shape index (κ2) is 8.54. The van der Waals surface area contributed by atoms with Crippen LogP contribution in [-0.2, 0) is 10.0 Å². The summed E-state index contributed by atoms with van der Waals surface area (Å²) >= 11 is 0. The minimum absolute atomic E-state index is 0.0942. The molecule has 1 aromatic rings. The molecule has 0 aliphatic rings. The number of nitrogens with two attached hydrogens (primary N) is 1. The summed E-state index contributed by atoms with van der Waals surface area (Å²) in [6.45, 7) is 4.63. The van der Waals surface area contributed by atoms with E-state index >= 15 is 0 Å². The number of ether oxygens (including phenoxy) is 1. The minimum Gasteiger partial charge on any atom is -0.463 e. The number of nitrogens with zero attached hydrogens (tertiary/aromatic N) is 3. The molecule has 1 rings (SSSR count). The maximum Gasteiger partial charge on any atom is 0.323 e. The van der Waals surface area contributed by atoms with Crippen molar-refractivity contribution in [3.63, 3.8) is 0 Å². The zero-order chi connectivity index (χ0) is 15.7. The van der Waals surface area contributed by atoms with E-state index in [1.165, 1.54) is 0 Å². The number of nitrogens with one attached hydrogen (secondary N) is 3. The van der Waals surface area contributed by atoms with E-state index in [-0.39, 0.29) is 30.2 Å². The molecule has 0 saturated heterocycles. The van der Waals surface area contributed by atoms with Crippen LogP contribution >= 0.6 is 0 Å². The Balaban J connectivity index is 2.65. The lowest BCUT2D eigenvalue weighted by atomic mass is 10.5. The highest BCUT2D eigenvalue weighted by Crippen LogP contribution is 2.10. The minimum atomic E-state index is -3.30. The lowest BCUT2D eigenvalue weighted by Gasteiger charge is -2.09. The van der Waals surface area contributed by atoms with Crippen LogP contribution in [0.25, 0.3) is 0 Å². The van der Waals surface area contributed by atoms with Gasteiger partial charge in [0.05, 0.1) is 12.4 Å². The first kappa shape index (κ1) is 17.3. The first-order chi connectivity index (χ1) is 10.0. The molecular weight excluding hydrogens is 298 g/mol. The van der Waals surface area contributed by atoms with Gasteiger partial charge in [-0.1, -0.05) is 13.8 Å². The molecule has 0 bridgehead atoms. The SMILES string of the molecule is CCCOc1nc(NN)nc(NCCS(=O)(=O)NCC)n1. The Morgan fingerprint density at radius 2 is 1.90 bits per heavy atom. The van der Waals surface area contributed by atoms with Crippen LogP contribution in [0.4, 0.5) is 11.9 Å². The Hall–Kier alpha value is -1.72. The molecule has 0 amide bonds. The molecule has 0 aliphatic carbocycles. The predicted molar refractivity (Wildman–Crippen MR) is 79.4 cm³/mol. The highest BCUT2D eigenvalue weighted by Gasteiger charge is 2.10. The summed E-state index contributed by atoms with van der Waals surface area (Å²) in [5.41, 5.74) is 2.30. The van der Waals surface area contributed by atoms with Gasteiger partial charge in [-0.25, -0.2) is 19.0 Å². The molecule has 0 atom stereocenters. The number of sulfonamides is 1. The number of hydrogen-bond acceptors (Lipinski definition) is 9. The van der Waals surface area contributed by atoms with Gasteiger partial charge in [0.15, 0.2) is 0 Å². The maximum atomic E-state index is 11.5. The molecule has 11 heteroatoms. The van der Waals surface area contributed by atoms with E-state index in [1.807, 2.05) is 6.92 Å². The third kappa shape index (κ3) is 6.51. The van der Waals surface area contributed by atoms with E-state index in [9.17, 15) is 8.42 Å². The van der Waals surface area contributed by atoms with Crippen molar-refractivity contribution >= 4 is 21.9 Å². The number of anilines is 2. The molecular formula is C10H21N7O3S. The van der Waals surface area contributed by atoms with Crippen molar-refractivity contribution in [1.29, 1.82) is 0 Å². The van der Waals surface area contributed by atoms with E-state index in [0.29, 0.717) is 13.2 Å². The molecule has 0 unspecified atom stereocenters. The monoisotopic (exact) mass is 319 g/mol. The van der Waals surface area contributed by atoms with Crippen molar-refractivity contribution < 1.29 is 13.2 Å². The summed E-state index contributed by atoms with van der Waals surface area (Å²) in [6, 6.07) is 0.122. The Labute approximate surface area is 123 Å². The largest absolute Gasteiger partial charge is 0.463 e. The molecule has 0 spiro atoms. The van der Waals surface area contributed by atoms with Crippen molar-refractivity contribution in [2.75, 3.05) is 36.2 Å². The van der Waals surface area contributed by atoms with Crippen molar-refractivity contribution in [3.8, 4) is 6.01 Å². The number of rotatable bonds is 10. The van der Waals surface area contributed by atoms with Gasteiger partial charge in [0, 0.05) is 13.1 Å². The van der Waals surface area contributed by atoms with Gasteiger partial charge in [0.1, 0.15) is 0 Å². The van der Waals surface area contributed by atoms with Crippen LogP contribution in [0.2, 0.25) is 0 Å². The predicted octanol–water partition coefficient (Wildman–Crippen LogP) is -0.703. The maximum absolute atomic E-state index is 11.5. The molecule has 0 fully saturated rings. The van der Waals surface area contributed by atoms with Crippen LogP contribution in [0.5, 0.6) is 6.01 Å². The Bertz CT molecular complexity index is 537. The van der Waals surface area contributed by atoms with Crippen molar-refractivity contribution in [3.05, 3.63) is 0 Å². The number of nitrogen functional groups attached to an aromatic ring is 1. The van der Waals surface area contributed by atoms with Crippen molar-refractivity contribution in [2.24, 2.45) is 5.84 Å². The van der Waals surface area contributed by atoms with Gasteiger partial charge < -0.3 is 10.1 Å². The Morgan fingerprint density at radius 1 is 1.19 bits per heavy atom. The Kier molecular flexibility index (Phi) is 7.05. The first-order valence-corrected chi connectivity index (χ1v) is 8.22. The molecule has 5 N–H and O–H groups in total. The standard InChI is InChI=1S/C10H21N7O3S/c1-3-6-20-10-15-8(14-9(16-10)17-11)12-5-7-21(18,19)13-4-2/h13H,3-7,11H2,1-2H3,(H2,12,14,15,16,17). The van der Waals surface area contributed by atoms with Gasteiger partial charge in [0.2, 0.25) is 21.9 Å². The molecule has 1 aromatic heterocycles. The number of aromatic nitrogens is 3. The summed E-state index contributed by atoms with van der Waals surface area (Å²) < 4.78 is 30.7. The third-order valence-corrected chi connectivity index (χ3v) is 3.67. The quantitative estimate of drug-likeness (QED) is 0.325. The van der Waals surface area contributed by atoms with Crippen LogP contribution in [0, 0.1) is 0 Å². The van der Waals surface area contributed by atoms with Crippen LogP contribution in [0.1, 0.15) is 20.3 Å². The van der Waals surface area contributed by atoms with Gasteiger partial charge >= 0.3 is 6.01 Å². The summed E-state index contributed by atoms with van der Waals surface area (Å²) in [5.74, 6) is 5.49. The Morgan fingerprint density at radius 3 is 2.52 bits per heavy atom. The first-order valence-electron chi connectivity index (χ1n) is 6.57. The van der Waals surface area contributed by atoms with E-state index in [0.717, 1.165) is 6.42 Å². The summed E-state index contributed by atoms with van der Waals surface area (Å²) in [6.07, 6.45) is 0.806. The lowest BCUT2D eigenvalue weighted by Crippen LogP contribution is -2.29. The smallest absolute Gasteiger partial charge is 0.323 e. The average Bonchev–Trinajstić information content (AvgIpc) is 2.44. The van der Waals surface area contributed by atoms with E-state index < -0.39 is 10.0 Å². The van der Waals surface area contributed by atoms with Gasteiger partial charge in [-0.3, -0.25) is 5.43 Å². The van der Waals surface area contributed by atoms with Gasteiger partial charge in [0.25, 0.3) is 0 Å². The topological polar surface area (TPSA) is 144 Å². The molecule has 0 aromatic carbocycles. The molecule has 1 heterocycles. The average molecular weight is 319 g/mol. The zero-order valence-electron chi connectivity index (χ0n) is 12.1. The van der Waals surface area contributed by atoms with E-state index in [4.69, 9.17) is 10.6 Å². The second-order valence-electron chi connectivity index (χ2n) is 4.00. The summed E-state index contributed by atoms with van der Waals surface area (Å²) in [4.78, 5) is 11.9. The van der Waals surface area contributed by atoms with E-state index in [1.54, 1.807) is 6.92 Å². The fourth-order valence-corrected chi connectivity index (χ4v) is 2.30. The fourth-order valence-electron chi connectivity index (χ4n) is 1.35. The highest BCUT2D eigenvalue weighted by molar-refractivity contribution is 7.89. The van der Waals surface area contributed by atoms with Crippen LogP contribution in [0.15, 0.2) is 0 Å². The van der Waals surface area contributed by atoms with Crippen molar-refractivity contribution in [1.82, 2.24) is 19.7 Å². The zero-order valence-corrected chi connectivity index (χ0v) is 12.9. The summed E-state index contributed by atoms with van der Waals surface area (Å²) in [7, 11) is -3.30. The second-order valence-corrected chi connectivity index (χ2v) is 5.93. The van der Waals surface area contributed by atoms with Gasteiger partial charge in [-0.05, 0) is 6.42 Å². The third-order valence-electron chi connectivity index (χ3n) is 2.20. The molecule has 21 heavy (non-hydrogen) atoms. The molecule has 0 saturated carbocycles. The van der Waals surface area contributed by atoms with Crippen LogP contribution in [0.3, 0.4) is 0 Å².